The van der Waals surface area contributed by atoms with E-state index in [1.807, 2.05) is 12.1 Å². The Morgan fingerprint density at radius 1 is 1.14 bits per heavy atom. The Morgan fingerprint density at radius 2 is 2.00 bits per heavy atom. The maximum atomic E-state index is 12.4. The summed E-state index contributed by atoms with van der Waals surface area (Å²) in [7, 11) is 0. The van der Waals surface area contributed by atoms with Crippen LogP contribution >= 0.6 is 0 Å². The molecule has 3 heterocycles. The highest BCUT2D eigenvalue weighted by Crippen LogP contribution is 2.11. The summed E-state index contributed by atoms with van der Waals surface area (Å²) < 4.78 is 6.31. The number of nitrogens with one attached hydrogen (secondary N) is 1. The largest absolute Gasteiger partial charge is 0.354 e. The number of benzene rings is 1. The van der Waals surface area contributed by atoms with Crippen LogP contribution in [0, 0.1) is 0 Å². The Hall–Kier alpha value is -3.88. The number of pyridine rings is 1. The first-order valence-electron chi connectivity index (χ1n) is 8.66. The van der Waals surface area contributed by atoms with Gasteiger partial charge in [-0.1, -0.05) is 29.4 Å². The molecule has 0 aliphatic rings. The molecule has 9 nitrogen and oxygen atoms in total. The Morgan fingerprint density at radius 3 is 2.86 bits per heavy atom. The summed E-state index contributed by atoms with van der Waals surface area (Å²) in [6.45, 7) is 0.137. The van der Waals surface area contributed by atoms with Crippen molar-refractivity contribution in [3.05, 3.63) is 71.1 Å². The minimum Gasteiger partial charge on any atom is -0.354 e. The molecule has 0 unspecified atom stereocenters. The zero-order valence-electron chi connectivity index (χ0n) is 14.8. The van der Waals surface area contributed by atoms with Crippen molar-refractivity contribution >= 4 is 16.7 Å². The SMILES string of the molecule is O=C(Cn1ncc2ccccc2c1=O)NCCc1nc(-c2ccccn2)no1. The number of hydrogen-bond donors (Lipinski definition) is 1. The third-order valence-corrected chi connectivity index (χ3v) is 4.08. The normalized spacial score (nSPS) is 10.9. The molecule has 0 fully saturated rings. The predicted octanol–water partition coefficient (Wildman–Crippen LogP) is 1.20. The fraction of sp³-hybridized carbons (Fsp3) is 0.158. The molecule has 0 atom stereocenters. The van der Waals surface area contributed by atoms with E-state index in [0.717, 1.165) is 10.1 Å². The van der Waals surface area contributed by atoms with Gasteiger partial charge in [0.2, 0.25) is 17.6 Å². The molecule has 140 valence electrons. The molecule has 1 N–H and O–H groups in total. The van der Waals surface area contributed by atoms with E-state index in [2.05, 4.69) is 25.5 Å². The number of aromatic nitrogens is 5. The lowest BCUT2D eigenvalue weighted by atomic mass is 10.2. The first-order valence-corrected chi connectivity index (χ1v) is 8.66. The topological polar surface area (TPSA) is 116 Å². The van der Waals surface area contributed by atoms with Crippen LogP contribution in [0.15, 0.2) is 64.2 Å². The van der Waals surface area contributed by atoms with E-state index in [-0.39, 0.29) is 18.0 Å². The molecule has 3 aromatic heterocycles. The van der Waals surface area contributed by atoms with Gasteiger partial charge in [0.1, 0.15) is 12.2 Å². The first kappa shape index (κ1) is 17.5. The number of carbonyl (C=O) groups excluding carboxylic acids is 1. The summed E-state index contributed by atoms with van der Waals surface area (Å²) >= 11 is 0. The molecule has 9 heteroatoms. The van der Waals surface area contributed by atoms with Crippen molar-refractivity contribution < 1.29 is 9.32 Å². The summed E-state index contributed by atoms with van der Waals surface area (Å²) in [6, 6.07) is 12.5. The van der Waals surface area contributed by atoms with E-state index < -0.39 is 0 Å². The van der Waals surface area contributed by atoms with E-state index in [4.69, 9.17) is 4.52 Å². The Labute approximate surface area is 159 Å². The van der Waals surface area contributed by atoms with Crippen LogP contribution in [0.3, 0.4) is 0 Å². The quantitative estimate of drug-likeness (QED) is 0.537. The van der Waals surface area contributed by atoms with Gasteiger partial charge in [-0.05, 0) is 18.2 Å². The van der Waals surface area contributed by atoms with Gasteiger partial charge in [0.25, 0.3) is 5.56 Å². The highest BCUT2D eigenvalue weighted by Gasteiger charge is 2.11. The molecule has 0 aliphatic carbocycles. The van der Waals surface area contributed by atoms with Gasteiger partial charge in [-0.25, -0.2) is 4.68 Å². The van der Waals surface area contributed by atoms with Gasteiger partial charge in [-0.15, -0.1) is 0 Å². The standard InChI is InChI=1S/C19H16N6O3/c26-16(12-25-19(27)14-6-2-1-5-13(14)11-22-25)21-10-8-17-23-18(24-28-17)15-7-3-4-9-20-15/h1-7,9,11H,8,10,12H2,(H,21,26). The number of rotatable bonds is 6. The lowest BCUT2D eigenvalue weighted by Gasteiger charge is -2.06. The van der Waals surface area contributed by atoms with E-state index in [9.17, 15) is 9.59 Å². The number of fused-ring (bicyclic) bond motifs is 1. The average molecular weight is 376 g/mol. The second kappa shape index (κ2) is 7.78. The number of amides is 1. The molecule has 0 spiro atoms. The van der Waals surface area contributed by atoms with Crippen LogP contribution in [0.25, 0.3) is 22.3 Å². The molecule has 0 radical (unpaired) electrons. The summed E-state index contributed by atoms with van der Waals surface area (Å²) in [4.78, 5) is 32.9. The summed E-state index contributed by atoms with van der Waals surface area (Å²) in [5.74, 6) is 0.463. The highest BCUT2D eigenvalue weighted by molar-refractivity contribution is 5.81. The number of nitrogens with zero attached hydrogens (tertiary/aromatic N) is 5. The molecule has 1 amide bonds. The Kier molecular flexibility index (Phi) is 4.87. The predicted molar refractivity (Wildman–Crippen MR) is 100 cm³/mol. The monoisotopic (exact) mass is 376 g/mol. The average Bonchev–Trinajstić information content (AvgIpc) is 3.20. The molecule has 0 saturated heterocycles. The molecule has 0 aliphatic heterocycles. The van der Waals surface area contributed by atoms with Crippen molar-refractivity contribution in [1.29, 1.82) is 0 Å². The van der Waals surface area contributed by atoms with Gasteiger partial charge in [0.15, 0.2) is 0 Å². The van der Waals surface area contributed by atoms with Crippen LogP contribution in [0.4, 0.5) is 0 Å². The minimum absolute atomic E-state index is 0.160. The fourth-order valence-electron chi connectivity index (χ4n) is 2.70. The van der Waals surface area contributed by atoms with Crippen LogP contribution in [-0.2, 0) is 17.8 Å². The van der Waals surface area contributed by atoms with Crippen LogP contribution in [0.2, 0.25) is 0 Å². The van der Waals surface area contributed by atoms with Crippen molar-refractivity contribution in [1.82, 2.24) is 30.2 Å². The van der Waals surface area contributed by atoms with Crippen LogP contribution in [0.1, 0.15) is 5.89 Å². The van der Waals surface area contributed by atoms with E-state index in [0.29, 0.717) is 35.8 Å². The van der Waals surface area contributed by atoms with Gasteiger partial charge >= 0.3 is 0 Å². The summed E-state index contributed by atoms with van der Waals surface area (Å²) in [5.41, 5.74) is 0.313. The minimum atomic E-state index is -0.325. The Bertz CT molecular complexity index is 1170. The maximum Gasteiger partial charge on any atom is 0.275 e. The van der Waals surface area contributed by atoms with Gasteiger partial charge in [0, 0.05) is 24.5 Å². The molecule has 4 rings (SSSR count). The van der Waals surface area contributed by atoms with Crippen molar-refractivity contribution in [2.45, 2.75) is 13.0 Å². The van der Waals surface area contributed by atoms with Crippen molar-refractivity contribution in [2.24, 2.45) is 0 Å². The van der Waals surface area contributed by atoms with Crippen LogP contribution in [-0.4, -0.2) is 37.4 Å². The zero-order valence-corrected chi connectivity index (χ0v) is 14.8. The van der Waals surface area contributed by atoms with Gasteiger partial charge < -0.3 is 9.84 Å². The third kappa shape index (κ3) is 3.78. The third-order valence-electron chi connectivity index (χ3n) is 4.08. The van der Waals surface area contributed by atoms with Gasteiger partial charge in [-0.3, -0.25) is 14.6 Å². The van der Waals surface area contributed by atoms with Gasteiger partial charge in [0.05, 0.1) is 11.6 Å². The van der Waals surface area contributed by atoms with Crippen LogP contribution < -0.4 is 10.9 Å². The summed E-state index contributed by atoms with van der Waals surface area (Å²) in [5, 5.41) is 11.9. The molecule has 28 heavy (non-hydrogen) atoms. The summed E-state index contributed by atoms with van der Waals surface area (Å²) in [6.07, 6.45) is 3.58. The zero-order chi connectivity index (χ0) is 19.3. The van der Waals surface area contributed by atoms with E-state index in [1.165, 1.54) is 0 Å². The molecule has 0 saturated carbocycles. The fourth-order valence-corrected chi connectivity index (χ4v) is 2.70. The molecule has 1 aromatic carbocycles. The van der Waals surface area contributed by atoms with Crippen molar-refractivity contribution in [2.75, 3.05) is 6.54 Å². The second-order valence-electron chi connectivity index (χ2n) is 6.02. The smallest absolute Gasteiger partial charge is 0.275 e. The van der Waals surface area contributed by atoms with Crippen molar-refractivity contribution in [3.63, 3.8) is 0 Å². The second-order valence-corrected chi connectivity index (χ2v) is 6.02. The maximum absolute atomic E-state index is 12.4. The number of carbonyl (C=O) groups is 1. The molecular weight excluding hydrogens is 360 g/mol. The molecular formula is C19H16N6O3. The lowest BCUT2D eigenvalue weighted by molar-refractivity contribution is -0.121. The van der Waals surface area contributed by atoms with Crippen molar-refractivity contribution in [3.8, 4) is 11.5 Å². The lowest BCUT2D eigenvalue weighted by Crippen LogP contribution is -2.34. The Balaban J connectivity index is 1.34. The highest BCUT2D eigenvalue weighted by atomic mass is 16.5. The number of hydrogen-bond acceptors (Lipinski definition) is 7. The first-order chi connectivity index (χ1) is 13.7. The molecule has 0 bridgehead atoms. The van der Waals surface area contributed by atoms with Gasteiger partial charge in [-0.2, -0.15) is 10.1 Å². The molecule has 4 aromatic rings. The van der Waals surface area contributed by atoms with E-state index in [1.54, 1.807) is 42.7 Å². The van der Waals surface area contributed by atoms with Crippen LogP contribution in [0.5, 0.6) is 0 Å². The van der Waals surface area contributed by atoms with E-state index >= 15 is 0 Å².